The predicted octanol–water partition coefficient (Wildman–Crippen LogP) is 3.32. The minimum atomic E-state index is -0.257. The van der Waals surface area contributed by atoms with Gasteiger partial charge in [-0.2, -0.15) is 0 Å². The average Bonchev–Trinajstić information content (AvgIpc) is 2.46. The highest BCUT2D eigenvalue weighted by Crippen LogP contribution is 2.22. The largest absolute Gasteiger partial charge is 0.495 e. The minimum Gasteiger partial charge on any atom is -0.495 e. The van der Waals surface area contributed by atoms with E-state index in [9.17, 15) is 4.39 Å². The van der Waals surface area contributed by atoms with E-state index in [4.69, 9.17) is 17.0 Å². The lowest BCUT2D eigenvalue weighted by Gasteiger charge is -2.13. The molecule has 0 spiro atoms. The highest BCUT2D eigenvalue weighted by molar-refractivity contribution is 7.80. The van der Waals surface area contributed by atoms with Gasteiger partial charge in [0.25, 0.3) is 0 Å². The van der Waals surface area contributed by atoms with Gasteiger partial charge in [0.15, 0.2) is 5.11 Å². The maximum atomic E-state index is 13.0. The molecule has 0 saturated carbocycles. The second-order valence-electron chi connectivity index (χ2n) is 4.14. The van der Waals surface area contributed by atoms with Crippen molar-refractivity contribution in [2.75, 3.05) is 12.4 Å². The molecule has 0 amide bonds. The molecule has 0 fully saturated rings. The standard InChI is InChI=1S/C15H15FN2OS/c1-19-14-8-3-2-7-13(14)18-15(20)17-10-11-5-4-6-12(16)9-11/h2-9H,10H2,1H3,(H2,17,18,20). The number of nitrogens with one attached hydrogen (secondary N) is 2. The molecule has 0 aliphatic heterocycles. The number of halogens is 1. The number of anilines is 1. The lowest BCUT2D eigenvalue weighted by molar-refractivity contribution is 0.417. The number of ether oxygens (including phenoxy) is 1. The maximum Gasteiger partial charge on any atom is 0.171 e. The number of benzene rings is 2. The Morgan fingerprint density at radius 1 is 1.20 bits per heavy atom. The molecular formula is C15H15FN2OS. The quantitative estimate of drug-likeness (QED) is 0.846. The first-order valence-electron chi connectivity index (χ1n) is 6.11. The number of hydrogen-bond donors (Lipinski definition) is 2. The van der Waals surface area contributed by atoms with Gasteiger partial charge in [-0.25, -0.2) is 4.39 Å². The van der Waals surface area contributed by atoms with Gasteiger partial charge in [-0.15, -0.1) is 0 Å². The lowest BCUT2D eigenvalue weighted by Crippen LogP contribution is -2.28. The Bertz CT molecular complexity index is 604. The molecular weight excluding hydrogens is 275 g/mol. The van der Waals surface area contributed by atoms with E-state index in [0.717, 1.165) is 11.3 Å². The van der Waals surface area contributed by atoms with Crippen LogP contribution < -0.4 is 15.4 Å². The van der Waals surface area contributed by atoms with Crippen molar-refractivity contribution in [1.82, 2.24) is 5.32 Å². The van der Waals surface area contributed by atoms with Gasteiger partial charge < -0.3 is 15.4 Å². The van der Waals surface area contributed by atoms with Crippen LogP contribution in [0, 0.1) is 5.82 Å². The molecule has 0 heterocycles. The molecule has 0 saturated heterocycles. The molecule has 0 unspecified atom stereocenters. The van der Waals surface area contributed by atoms with Crippen LogP contribution in [0.15, 0.2) is 48.5 Å². The normalized spacial score (nSPS) is 9.90. The van der Waals surface area contributed by atoms with Crippen molar-refractivity contribution in [1.29, 1.82) is 0 Å². The van der Waals surface area contributed by atoms with E-state index in [0.29, 0.717) is 17.4 Å². The third-order valence-electron chi connectivity index (χ3n) is 2.70. The fourth-order valence-corrected chi connectivity index (χ4v) is 1.93. The fourth-order valence-electron chi connectivity index (χ4n) is 1.74. The summed E-state index contributed by atoms with van der Waals surface area (Å²) in [6.07, 6.45) is 0. The van der Waals surface area contributed by atoms with Crippen LogP contribution in [0.25, 0.3) is 0 Å². The third-order valence-corrected chi connectivity index (χ3v) is 2.94. The Morgan fingerprint density at radius 3 is 2.75 bits per heavy atom. The Hall–Kier alpha value is -2.14. The zero-order chi connectivity index (χ0) is 14.4. The second-order valence-corrected chi connectivity index (χ2v) is 4.55. The van der Waals surface area contributed by atoms with Crippen LogP contribution in [-0.4, -0.2) is 12.2 Å². The van der Waals surface area contributed by atoms with E-state index in [1.165, 1.54) is 12.1 Å². The van der Waals surface area contributed by atoms with Gasteiger partial charge in [-0.1, -0.05) is 24.3 Å². The van der Waals surface area contributed by atoms with Gasteiger partial charge >= 0.3 is 0 Å². The van der Waals surface area contributed by atoms with E-state index in [1.807, 2.05) is 30.3 Å². The Kier molecular flexibility index (Phi) is 4.90. The maximum absolute atomic E-state index is 13.0. The molecule has 0 aliphatic rings. The molecule has 20 heavy (non-hydrogen) atoms. The summed E-state index contributed by atoms with van der Waals surface area (Å²) in [6, 6.07) is 13.9. The van der Waals surface area contributed by atoms with Crippen LogP contribution in [0.3, 0.4) is 0 Å². The first kappa shape index (κ1) is 14.3. The van der Waals surface area contributed by atoms with Gasteiger partial charge in [-0.3, -0.25) is 0 Å². The van der Waals surface area contributed by atoms with Crippen LogP contribution in [0.1, 0.15) is 5.56 Å². The number of rotatable bonds is 4. The van der Waals surface area contributed by atoms with Gasteiger partial charge in [0.2, 0.25) is 0 Å². The number of thiocarbonyl (C=S) groups is 1. The van der Waals surface area contributed by atoms with Gasteiger partial charge in [0.05, 0.1) is 12.8 Å². The predicted molar refractivity (Wildman–Crippen MR) is 82.5 cm³/mol. The summed E-state index contributed by atoms with van der Waals surface area (Å²) in [4.78, 5) is 0. The molecule has 0 atom stereocenters. The second kappa shape index (κ2) is 6.86. The highest BCUT2D eigenvalue weighted by atomic mass is 32.1. The van der Waals surface area contributed by atoms with Gasteiger partial charge in [0, 0.05) is 6.54 Å². The lowest BCUT2D eigenvalue weighted by atomic mass is 10.2. The molecule has 2 rings (SSSR count). The first-order valence-corrected chi connectivity index (χ1v) is 6.52. The molecule has 104 valence electrons. The highest BCUT2D eigenvalue weighted by Gasteiger charge is 2.03. The first-order chi connectivity index (χ1) is 9.69. The molecule has 5 heteroatoms. The molecule has 2 N–H and O–H groups in total. The molecule has 0 bridgehead atoms. The van der Waals surface area contributed by atoms with Crippen LogP contribution in [0.4, 0.5) is 10.1 Å². The summed E-state index contributed by atoms with van der Waals surface area (Å²) in [5.41, 5.74) is 1.61. The SMILES string of the molecule is COc1ccccc1NC(=S)NCc1cccc(F)c1. The number of hydrogen-bond acceptors (Lipinski definition) is 2. The summed E-state index contributed by atoms with van der Waals surface area (Å²) in [5, 5.41) is 6.53. The Balaban J connectivity index is 1.93. The summed E-state index contributed by atoms with van der Waals surface area (Å²) < 4.78 is 18.3. The summed E-state index contributed by atoms with van der Waals surface area (Å²) in [7, 11) is 1.60. The van der Waals surface area contributed by atoms with Crippen molar-refractivity contribution in [2.45, 2.75) is 6.54 Å². The molecule has 2 aromatic rings. The van der Waals surface area contributed by atoms with Gasteiger partial charge in [-0.05, 0) is 42.0 Å². The molecule has 3 nitrogen and oxygen atoms in total. The fraction of sp³-hybridized carbons (Fsp3) is 0.133. The van der Waals surface area contributed by atoms with Crippen LogP contribution in [0.5, 0.6) is 5.75 Å². The Morgan fingerprint density at radius 2 is 2.00 bits per heavy atom. The third kappa shape index (κ3) is 3.93. The van der Waals surface area contributed by atoms with Crippen molar-refractivity contribution in [3.05, 3.63) is 59.9 Å². The van der Waals surface area contributed by atoms with Crippen molar-refractivity contribution >= 4 is 23.0 Å². The van der Waals surface area contributed by atoms with E-state index < -0.39 is 0 Å². The molecule has 0 aliphatic carbocycles. The number of methoxy groups -OCH3 is 1. The summed E-state index contributed by atoms with van der Waals surface area (Å²) in [5.74, 6) is 0.454. The zero-order valence-corrected chi connectivity index (χ0v) is 11.8. The summed E-state index contributed by atoms with van der Waals surface area (Å²) in [6.45, 7) is 0.457. The smallest absolute Gasteiger partial charge is 0.171 e. The molecule has 0 radical (unpaired) electrons. The Labute approximate surface area is 122 Å². The van der Waals surface area contributed by atoms with Crippen molar-refractivity contribution in [3.63, 3.8) is 0 Å². The number of para-hydroxylation sites is 2. The average molecular weight is 290 g/mol. The zero-order valence-electron chi connectivity index (χ0n) is 11.0. The van der Waals surface area contributed by atoms with Crippen LogP contribution in [0.2, 0.25) is 0 Å². The van der Waals surface area contributed by atoms with Crippen LogP contribution in [-0.2, 0) is 6.54 Å². The van der Waals surface area contributed by atoms with E-state index in [-0.39, 0.29) is 5.82 Å². The van der Waals surface area contributed by atoms with E-state index in [2.05, 4.69) is 10.6 Å². The monoisotopic (exact) mass is 290 g/mol. The van der Waals surface area contributed by atoms with E-state index >= 15 is 0 Å². The molecule has 0 aromatic heterocycles. The topological polar surface area (TPSA) is 33.3 Å². The van der Waals surface area contributed by atoms with Crippen molar-refractivity contribution in [3.8, 4) is 5.75 Å². The van der Waals surface area contributed by atoms with Crippen molar-refractivity contribution < 1.29 is 9.13 Å². The molecule has 2 aromatic carbocycles. The van der Waals surface area contributed by atoms with Crippen molar-refractivity contribution in [2.24, 2.45) is 0 Å². The summed E-state index contributed by atoms with van der Waals surface area (Å²) >= 11 is 5.20. The van der Waals surface area contributed by atoms with Gasteiger partial charge in [0.1, 0.15) is 11.6 Å². The van der Waals surface area contributed by atoms with E-state index in [1.54, 1.807) is 13.2 Å². The minimum absolute atomic E-state index is 0.257. The van der Waals surface area contributed by atoms with Crippen LogP contribution >= 0.6 is 12.2 Å².